The molecule has 4 nitrogen and oxygen atoms in total. The molecule has 0 aliphatic heterocycles. The molecular formula is C20H34O4. The topological polar surface area (TPSA) is 80.9 Å². The third kappa shape index (κ3) is 1.94. The molecule has 4 aliphatic rings. The van der Waals surface area contributed by atoms with Gasteiger partial charge < -0.3 is 20.4 Å². The van der Waals surface area contributed by atoms with Crippen LogP contribution in [0.15, 0.2) is 0 Å². The van der Waals surface area contributed by atoms with Crippen LogP contribution in [0.25, 0.3) is 0 Å². The van der Waals surface area contributed by atoms with Gasteiger partial charge in [0.25, 0.3) is 0 Å². The van der Waals surface area contributed by atoms with Crippen molar-refractivity contribution in [1.29, 1.82) is 0 Å². The maximum atomic E-state index is 10.9. The highest BCUT2D eigenvalue weighted by molar-refractivity contribution is 5.17. The van der Waals surface area contributed by atoms with Crippen LogP contribution in [0.1, 0.15) is 65.2 Å². The highest BCUT2D eigenvalue weighted by Gasteiger charge is 2.68. The first-order valence-electron chi connectivity index (χ1n) is 9.86. The molecule has 4 saturated carbocycles. The molecule has 138 valence electrons. The Morgan fingerprint density at radius 1 is 0.917 bits per heavy atom. The summed E-state index contributed by atoms with van der Waals surface area (Å²) in [4.78, 5) is 0. The van der Waals surface area contributed by atoms with Crippen molar-refractivity contribution in [3.8, 4) is 0 Å². The van der Waals surface area contributed by atoms with E-state index in [1.54, 1.807) is 0 Å². The van der Waals surface area contributed by atoms with Crippen molar-refractivity contribution in [2.75, 3.05) is 13.2 Å². The summed E-state index contributed by atoms with van der Waals surface area (Å²) in [7, 11) is 0. The van der Waals surface area contributed by atoms with Crippen molar-refractivity contribution in [3.63, 3.8) is 0 Å². The summed E-state index contributed by atoms with van der Waals surface area (Å²) in [6.07, 6.45) is 7.38. The van der Waals surface area contributed by atoms with E-state index in [0.717, 1.165) is 51.4 Å². The zero-order valence-electron chi connectivity index (χ0n) is 15.2. The van der Waals surface area contributed by atoms with Crippen LogP contribution in [-0.2, 0) is 0 Å². The van der Waals surface area contributed by atoms with E-state index >= 15 is 0 Å². The second-order valence-corrected chi connectivity index (χ2v) is 10.1. The van der Waals surface area contributed by atoms with Crippen molar-refractivity contribution in [2.24, 2.45) is 34.0 Å². The number of aliphatic hydroxyl groups is 4. The van der Waals surface area contributed by atoms with Gasteiger partial charge in [0.05, 0.1) is 24.9 Å². The molecule has 0 amide bonds. The monoisotopic (exact) mass is 338 g/mol. The van der Waals surface area contributed by atoms with E-state index in [9.17, 15) is 20.4 Å². The number of fused-ring (bicyclic) bond motifs is 3. The summed E-state index contributed by atoms with van der Waals surface area (Å²) < 4.78 is 0. The summed E-state index contributed by atoms with van der Waals surface area (Å²) in [5.41, 5.74) is -1.01. The molecule has 0 saturated heterocycles. The molecule has 0 aromatic rings. The molecule has 2 bridgehead atoms. The zero-order valence-corrected chi connectivity index (χ0v) is 15.2. The Kier molecular flexibility index (Phi) is 3.73. The molecule has 0 unspecified atom stereocenters. The molecule has 4 rings (SSSR count). The largest absolute Gasteiger partial charge is 0.396 e. The van der Waals surface area contributed by atoms with Gasteiger partial charge in [-0.25, -0.2) is 0 Å². The van der Waals surface area contributed by atoms with E-state index in [0.29, 0.717) is 11.8 Å². The molecule has 8 atom stereocenters. The molecule has 1 spiro atoms. The number of hydrogen-bond donors (Lipinski definition) is 4. The van der Waals surface area contributed by atoms with Crippen molar-refractivity contribution >= 4 is 0 Å². The minimum absolute atomic E-state index is 0.0529. The zero-order chi connectivity index (χ0) is 17.4. The van der Waals surface area contributed by atoms with Crippen LogP contribution in [0.2, 0.25) is 0 Å². The van der Waals surface area contributed by atoms with E-state index in [1.807, 2.05) is 0 Å². The fourth-order valence-corrected chi connectivity index (χ4v) is 8.06. The van der Waals surface area contributed by atoms with Crippen molar-refractivity contribution in [2.45, 2.75) is 76.9 Å². The van der Waals surface area contributed by atoms with Crippen molar-refractivity contribution in [1.82, 2.24) is 0 Å². The van der Waals surface area contributed by atoms with E-state index in [1.165, 1.54) is 0 Å². The minimum Gasteiger partial charge on any atom is -0.396 e. The molecule has 4 heteroatoms. The van der Waals surface area contributed by atoms with Gasteiger partial charge in [-0.05, 0) is 80.0 Å². The van der Waals surface area contributed by atoms with Crippen molar-refractivity contribution < 1.29 is 20.4 Å². The van der Waals surface area contributed by atoms with Crippen LogP contribution in [0, 0.1) is 34.0 Å². The van der Waals surface area contributed by atoms with Gasteiger partial charge in [0, 0.05) is 5.41 Å². The van der Waals surface area contributed by atoms with Gasteiger partial charge in [-0.2, -0.15) is 0 Å². The minimum atomic E-state index is -0.883. The number of rotatable bonds is 2. The Bertz CT molecular complexity index is 524. The highest BCUT2D eigenvalue weighted by Crippen LogP contribution is 2.72. The SMILES string of the molecule is C[C@]12CC[C@H](O)[C@](C)(CO)[C@@H]1CC[C@@]13C[C@@H](CC[C@@H]12)[C@@](O)(CO)C3. The first-order valence-corrected chi connectivity index (χ1v) is 9.86. The molecule has 0 aromatic heterocycles. The highest BCUT2D eigenvalue weighted by atomic mass is 16.3. The predicted molar refractivity (Wildman–Crippen MR) is 91.2 cm³/mol. The Morgan fingerprint density at radius 2 is 1.67 bits per heavy atom. The Morgan fingerprint density at radius 3 is 2.33 bits per heavy atom. The lowest BCUT2D eigenvalue weighted by Gasteiger charge is -2.65. The van der Waals surface area contributed by atoms with E-state index in [4.69, 9.17) is 0 Å². The standard InChI is InChI=1S/C20H34O4/c1-17-7-6-16(23)18(2,11-21)14(17)5-8-19-9-13(3-4-15(17)19)20(24,10-19)12-22/h13-16,21-24H,3-12H2,1-2H3/t13-,14-,15-,16+,17+,18-,19+,20+/m1/s1. The maximum Gasteiger partial charge on any atom is 0.0910 e. The predicted octanol–water partition coefficient (Wildman–Crippen LogP) is 2.09. The van der Waals surface area contributed by atoms with Gasteiger partial charge in [0.15, 0.2) is 0 Å². The van der Waals surface area contributed by atoms with Gasteiger partial charge in [0.2, 0.25) is 0 Å². The summed E-state index contributed by atoms with van der Waals surface area (Å²) in [6.45, 7) is 4.40. The Labute approximate surface area is 145 Å². The van der Waals surface area contributed by atoms with Crippen LogP contribution in [-0.4, -0.2) is 45.3 Å². The smallest absolute Gasteiger partial charge is 0.0910 e. The second-order valence-electron chi connectivity index (χ2n) is 10.1. The van der Waals surface area contributed by atoms with Gasteiger partial charge in [-0.15, -0.1) is 0 Å². The average molecular weight is 338 g/mol. The fraction of sp³-hybridized carbons (Fsp3) is 1.00. The van der Waals surface area contributed by atoms with Crippen LogP contribution in [0.4, 0.5) is 0 Å². The number of hydrogen-bond acceptors (Lipinski definition) is 4. The lowest BCUT2D eigenvalue weighted by Crippen LogP contribution is -2.61. The molecule has 0 radical (unpaired) electrons. The second kappa shape index (κ2) is 5.18. The van der Waals surface area contributed by atoms with E-state index in [2.05, 4.69) is 13.8 Å². The third-order valence-electron chi connectivity index (χ3n) is 9.27. The summed E-state index contributed by atoms with van der Waals surface area (Å²) in [5.74, 6) is 1.13. The van der Waals surface area contributed by atoms with E-state index in [-0.39, 0.29) is 30.0 Å². The molecule has 24 heavy (non-hydrogen) atoms. The van der Waals surface area contributed by atoms with Crippen LogP contribution in [0.5, 0.6) is 0 Å². The lowest BCUT2D eigenvalue weighted by molar-refractivity contribution is -0.197. The van der Waals surface area contributed by atoms with Gasteiger partial charge in [0.1, 0.15) is 0 Å². The lowest BCUT2D eigenvalue weighted by atomic mass is 9.40. The van der Waals surface area contributed by atoms with Crippen LogP contribution < -0.4 is 0 Å². The first-order chi connectivity index (χ1) is 11.2. The van der Waals surface area contributed by atoms with E-state index < -0.39 is 17.1 Å². The molecular weight excluding hydrogens is 304 g/mol. The van der Waals surface area contributed by atoms with Gasteiger partial charge in [-0.1, -0.05) is 13.8 Å². The maximum absolute atomic E-state index is 10.9. The molecule has 0 heterocycles. The van der Waals surface area contributed by atoms with Crippen LogP contribution in [0.3, 0.4) is 0 Å². The van der Waals surface area contributed by atoms with Crippen molar-refractivity contribution in [3.05, 3.63) is 0 Å². The van der Waals surface area contributed by atoms with Gasteiger partial charge >= 0.3 is 0 Å². The normalized spacial score (nSPS) is 59.8. The summed E-state index contributed by atoms with van der Waals surface area (Å²) in [5, 5.41) is 41.4. The fourth-order valence-electron chi connectivity index (χ4n) is 8.06. The average Bonchev–Trinajstić information content (AvgIpc) is 2.78. The molecule has 0 aromatic carbocycles. The molecule has 4 N–H and O–H groups in total. The summed E-state index contributed by atoms with van der Waals surface area (Å²) in [6, 6.07) is 0. The third-order valence-corrected chi connectivity index (χ3v) is 9.27. The summed E-state index contributed by atoms with van der Waals surface area (Å²) >= 11 is 0. The van der Waals surface area contributed by atoms with Gasteiger partial charge in [-0.3, -0.25) is 0 Å². The molecule has 4 aliphatic carbocycles. The van der Waals surface area contributed by atoms with Crippen LogP contribution >= 0.6 is 0 Å². The Balaban J connectivity index is 1.72. The molecule has 4 fully saturated rings. The quantitative estimate of drug-likeness (QED) is 0.621. The Hall–Kier alpha value is -0.160. The number of aliphatic hydroxyl groups excluding tert-OH is 3. The first kappa shape index (κ1) is 17.3.